The van der Waals surface area contributed by atoms with Crippen LogP contribution in [-0.4, -0.2) is 52.8 Å². The lowest BCUT2D eigenvalue weighted by atomic mass is 10.0. The van der Waals surface area contributed by atoms with Crippen LogP contribution in [0.2, 0.25) is 0 Å². The van der Waals surface area contributed by atoms with E-state index < -0.39 is 12.1 Å². The molecule has 1 saturated heterocycles. The topological polar surface area (TPSA) is 87.1 Å². The van der Waals surface area contributed by atoms with Gasteiger partial charge in [0, 0.05) is 32.9 Å². The van der Waals surface area contributed by atoms with E-state index in [0.717, 1.165) is 36.8 Å². The summed E-state index contributed by atoms with van der Waals surface area (Å²) in [5, 5.41) is 19.0. The van der Waals surface area contributed by atoms with Crippen molar-refractivity contribution in [1.82, 2.24) is 4.90 Å². The van der Waals surface area contributed by atoms with Crippen LogP contribution in [-0.2, 0) is 27.4 Å². The van der Waals surface area contributed by atoms with Crippen LogP contribution >= 0.6 is 0 Å². The number of aliphatic carboxylic acids is 1. The van der Waals surface area contributed by atoms with Crippen LogP contribution in [0.3, 0.4) is 0 Å². The highest BCUT2D eigenvalue weighted by Crippen LogP contribution is 2.21. The van der Waals surface area contributed by atoms with Gasteiger partial charge in [-0.05, 0) is 30.4 Å². The van der Waals surface area contributed by atoms with Gasteiger partial charge in [-0.2, -0.15) is 0 Å². The molecule has 0 radical (unpaired) electrons. The standard InChI is InChI=1S/C23H33NO5/c1-29-17-19-8-6-7-18(15-19)16-21(25)12-10-20-11-13-22(26)24(20)14-5-3-2-4-9-23(27)28/h6-8,10,12,15,20-21,25H,2-5,9,11,13-14,16-17H2,1H3,(H,27,28)/b12-10+/t20-,21+/m0/s1. The molecular formula is C23H33NO5. The molecule has 2 atom stereocenters. The molecule has 29 heavy (non-hydrogen) atoms. The fourth-order valence-electron chi connectivity index (χ4n) is 3.74. The summed E-state index contributed by atoms with van der Waals surface area (Å²) in [7, 11) is 1.66. The molecule has 6 heteroatoms. The highest BCUT2D eigenvalue weighted by molar-refractivity contribution is 5.79. The lowest BCUT2D eigenvalue weighted by molar-refractivity contribution is -0.137. The maximum absolute atomic E-state index is 12.2. The lowest BCUT2D eigenvalue weighted by Crippen LogP contribution is -2.32. The van der Waals surface area contributed by atoms with Gasteiger partial charge in [-0.15, -0.1) is 0 Å². The first-order chi connectivity index (χ1) is 14.0. The first-order valence-electron chi connectivity index (χ1n) is 10.4. The Morgan fingerprint density at radius 2 is 2.03 bits per heavy atom. The quantitative estimate of drug-likeness (QED) is 0.390. The zero-order valence-electron chi connectivity index (χ0n) is 17.3. The number of aliphatic hydroxyl groups is 1. The number of ether oxygens (including phenoxy) is 1. The van der Waals surface area contributed by atoms with E-state index in [1.807, 2.05) is 35.2 Å². The van der Waals surface area contributed by atoms with Gasteiger partial charge in [0.2, 0.25) is 5.91 Å². The average Bonchev–Trinajstić information content (AvgIpc) is 3.03. The molecule has 6 nitrogen and oxygen atoms in total. The lowest BCUT2D eigenvalue weighted by Gasteiger charge is -2.22. The molecule has 0 saturated carbocycles. The summed E-state index contributed by atoms with van der Waals surface area (Å²) >= 11 is 0. The minimum absolute atomic E-state index is 0.0380. The monoisotopic (exact) mass is 403 g/mol. The molecule has 1 aromatic carbocycles. The highest BCUT2D eigenvalue weighted by atomic mass is 16.5. The van der Waals surface area contributed by atoms with Crippen molar-refractivity contribution in [2.75, 3.05) is 13.7 Å². The highest BCUT2D eigenvalue weighted by Gasteiger charge is 2.28. The number of aliphatic hydroxyl groups excluding tert-OH is 1. The normalized spacial score (nSPS) is 17.9. The fourth-order valence-corrected chi connectivity index (χ4v) is 3.74. The zero-order valence-corrected chi connectivity index (χ0v) is 17.3. The first-order valence-corrected chi connectivity index (χ1v) is 10.4. The van der Waals surface area contributed by atoms with Crippen molar-refractivity contribution in [2.24, 2.45) is 0 Å². The molecule has 1 fully saturated rings. The summed E-state index contributed by atoms with van der Waals surface area (Å²) in [6.45, 7) is 1.24. The van der Waals surface area contributed by atoms with Gasteiger partial charge in [0.1, 0.15) is 0 Å². The van der Waals surface area contributed by atoms with Gasteiger partial charge in [0.15, 0.2) is 0 Å². The summed E-state index contributed by atoms with van der Waals surface area (Å²) in [6, 6.07) is 8.03. The molecule has 1 aliphatic heterocycles. The molecule has 1 amide bonds. The molecule has 160 valence electrons. The zero-order chi connectivity index (χ0) is 21.1. The number of likely N-dealkylation sites (tertiary alicyclic amines) is 1. The van der Waals surface area contributed by atoms with Crippen LogP contribution in [0.15, 0.2) is 36.4 Å². The Morgan fingerprint density at radius 1 is 1.28 bits per heavy atom. The Bertz CT molecular complexity index is 688. The maximum atomic E-state index is 12.2. The Hall–Kier alpha value is -2.18. The van der Waals surface area contributed by atoms with Gasteiger partial charge < -0.3 is 19.8 Å². The van der Waals surface area contributed by atoms with Gasteiger partial charge in [-0.25, -0.2) is 0 Å². The van der Waals surface area contributed by atoms with E-state index in [1.54, 1.807) is 13.2 Å². The minimum Gasteiger partial charge on any atom is -0.481 e. The number of hydrogen-bond donors (Lipinski definition) is 2. The molecule has 1 aromatic rings. The summed E-state index contributed by atoms with van der Waals surface area (Å²) in [6.07, 6.45) is 8.58. The van der Waals surface area contributed by atoms with Crippen LogP contribution in [0.1, 0.15) is 56.1 Å². The van der Waals surface area contributed by atoms with E-state index in [-0.39, 0.29) is 18.4 Å². The third-order valence-corrected chi connectivity index (χ3v) is 5.22. The predicted molar refractivity (Wildman–Crippen MR) is 111 cm³/mol. The molecule has 0 spiro atoms. The molecule has 1 heterocycles. The van der Waals surface area contributed by atoms with Gasteiger partial charge in [0.25, 0.3) is 0 Å². The van der Waals surface area contributed by atoms with Crippen molar-refractivity contribution in [2.45, 2.75) is 70.1 Å². The van der Waals surface area contributed by atoms with Gasteiger partial charge >= 0.3 is 5.97 Å². The maximum Gasteiger partial charge on any atom is 0.303 e. The Kier molecular flexibility index (Phi) is 9.88. The smallest absolute Gasteiger partial charge is 0.303 e. The van der Waals surface area contributed by atoms with E-state index in [0.29, 0.717) is 32.4 Å². The molecule has 2 N–H and O–H groups in total. The van der Waals surface area contributed by atoms with Crippen LogP contribution in [0.4, 0.5) is 0 Å². The SMILES string of the molecule is COCc1cccc(C[C@H](O)/C=C/[C@H]2CCC(=O)N2CCCCCCC(=O)O)c1. The van der Waals surface area contributed by atoms with Crippen molar-refractivity contribution in [3.63, 3.8) is 0 Å². The second-order valence-electron chi connectivity index (χ2n) is 7.66. The van der Waals surface area contributed by atoms with Gasteiger partial charge in [0.05, 0.1) is 18.8 Å². The largest absolute Gasteiger partial charge is 0.481 e. The van der Waals surface area contributed by atoms with Crippen molar-refractivity contribution < 1.29 is 24.5 Å². The molecular weight excluding hydrogens is 370 g/mol. The number of carbonyl (C=O) groups is 2. The molecule has 1 aliphatic rings. The number of carboxylic acids is 1. The van der Waals surface area contributed by atoms with E-state index in [4.69, 9.17) is 9.84 Å². The van der Waals surface area contributed by atoms with Gasteiger partial charge in [-0.3, -0.25) is 9.59 Å². The number of unbranched alkanes of at least 4 members (excludes halogenated alkanes) is 3. The number of amides is 1. The summed E-state index contributed by atoms with van der Waals surface area (Å²) in [5.74, 6) is -0.596. The van der Waals surface area contributed by atoms with Crippen LogP contribution < -0.4 is 0 Å². The number of nitrogens with zero attached hydrogens (tertiary/aromatic N) is 1. The van der Waals surface area contributed by atoms with Crippen LogP contribution in [0, 0.1) is 0 Å². The fraction of sp³-hybridized carbons (Fsp3) is 0.565. The number of carboxylic acid groups (broad SMARTS) is 1. The van der Waals surface area contributed by atoms with Gasteiger partial charge in [-0.1, -0.05) is 49.3 Å². The number of rotatable bonds is 13. The van der Waals surface area contributed by atoms with Crippen LogP contribution in [0.25, 0.3) is 0 Å². The number of methoxy groups -OCH3 is 1. The molecule has 0 unspecified atom stereocenters. The Labute approximate surface area is 173 Å². The summed E-state index contributed by atoms with van der Waals surface area (Å²) in [5.41, 5.74) is 2.13. The number of carbonyl (C=O) groups excluding carboxylic acids is 1. The van der Waals surface area contributed by atoms with Crippen LogP contribution in [0.5, 0.6) is 0 Å². The predicted octanol–water partition coefficient (Wildman–Crippen LogP) is 3.32. The Morgan fingerprint density at radius 3 is 2.79 bits per heavy atom. The van der Waals surface area contributed by atoms with E-state index in [2.05, 4.69) is 0 Å². The van der Waals surface area contributed by atoms with E-state index in [9.17, 15) is 14.7 Å². The summed E-state index contributed by atoms with van der Waals surface area (Å²) in [4.78, 5) is 24.6. The van der Waals surface area contributed by atoms with Crippen molar-refractivity contribution in [3.05, 3.63) is 47.5 Å². The van der Waals surface area contributed by atoms with Crippen molar-refractivity contribution >= 4 is 11.9 Å². The number of hydrogen-bond acceptors (Lipinski definition) is 4. The number of benzene rings is 1. The summed E-state index contributed by atoms with van der Waals surface area (Å²) < 4.78 is 5.15. The molecule has 0 aliphatic carbocycles. The third-order valence-electron chi connectivity index (χ3n) is 5.22. The molecule has 0 aromatic heterocycles. The van der Waals surface area contributed by atoms with E-state index in [1.165, 1.54) is 0 Å². The third kappa shape index (κ3) is 8.38. The van der Waals surface area contributed by atoms with Crippen molar-refractivity contribution in [3.8, 4) is 0 Å². The minimum atomic E-state index is -0.756. The van der Waals surface area contributed by atoms with E-state index >= 15 is 0 Å². The van der Waals surface area contributed by atoms with Crippen molar-refractivity contribution in [1.29, 1.82) is 0 Å². The average molecular weight is 404 g/mol. The molecule has 2 rings (SSSR count). The second kappa shape index (κ2) is 12.4. The second-order valence-corrected chi connectivity index (χ2v) is 7.66. The first kappa shape index (κ1) is 23.1. The Balaban J connectivity index is 1.79. The molecule has 0 bridgehead atoms.